The van der Waals surface area contributed by atoms with Crippen LogP contribution in [0.5, 0.6) is 0 Å². The molecule has 0 saturated carbocycles. The molecule has 1 atom stereocenters. The van der Waals surface area contributed by atoms with E-state index >= 15 is 0 Å². The van der Waals surface area contributed by atoms with Crippen molar-refractivity contribution in [3.8, 4) is 0 Å². The standard InChI is InChI=1S/C17H16F4N2O2S/c18-13-7-6-11(9-16(13)21)22-12-3-2-8-23(10-12)26(24,25)17-14(19)4-1-5-15(17)20/h1,4-7,9,12,22H,2-3,8,10H2/t12-/m0/s1. The highest BCUT2D eigenvalue weighted by Gasteiger charge is 2.34. The zero-order valence-corrected chi connectivity index (χ0v) is 14.4. The Balaban J connectivity index is 1.80. The van der Waals surface area contributed by atoms with Crippen molar-refractivity contribution < 1.29 is 26.0 Å². The van der Waals surface area contributed by atoms with Gasteiger partial charge in [0.15, 0.2) is 16.5 Å². The number of piperidine rings is 1. The van der Waals surface area contributed by atoms with Gasteiger partial charge in [-0.15, -0.1) is 0 Å². The molecule has 0 bridgehead atoms. The van der Waals surface area contributed by atoms with E-state index in [9.17, 15) is 26.0 Å². The minimum absolute atomic E-state index is 0.0465. The van der Waals surface area contributed by atoms with Crippen LogP contribution in [-0.4, -0.2) is 31.9 Å². The number of nitrogens with one attached hydrogen (secondary N) is 1. The Morgan fingerprint density at radius 3 is 2.31 bits per heavy atom. The van der Waals surface area contributed by atoms with Crippen LogP contribution in [0.4, 0.5) is 23.2 Å². The first-order valence-corrected chi connectivity index (χ1v) is 9.39. The summed E-state index contributed by atoms with van der Waals surface area (Å²) in [5, 5.41) is 2.93. The molecular formula is C17H16F4N2O2S. The summed E-state index contributed by atoms with van der Waals surface area (Å²) in [6, 6.07) is 5.73. The normalized spacial score (nSPS) is 18.7. The second-order valence-electron chi connectivity index (χ2n) is 6.03. The number of halogens is 4. The number of nitrogens with zero attached hydrogens (tertiary/aromatic N) is 1. The van der Waals surface area contributed by atoms with Gasteiger partial charge in [-0.05, 0) is 37.1 Å². The summed E-state index contributed by atoms with van der Waals surface area (Å²) >= 11 is 0. The Labute approximate surface area is 148 Å². The predicted molar refractivity (Wildman–Crippen MR) is 88.1 cm³/mol. The monoisotopic (exact) mass is 388 g/mol. The van der Waals surface area contributed by atoms with Crippen LogP contribution in [0.1, 0.15) is 12.8 Å². The molecule has 4 nitrogen and oxygen atoms in total. The Kier molecular flexibility index (Phi) is 5.19. The quantitative estimate of drug-likeness (QED) is 0.816. The van der Waals surface area contributed by atoms with E-state index in [1.54, 1.807) is 0 Å². The van der Waals surface area contributed by atoms with Crippen LogP contribution >= 0.6 is 0 Å². The van der Waals surface area contributed by atoms with Gasteiger partial charge in [-0.1, -0.05) is 6.07 Å². The summed E-state index contributed by atoms with van der Waals surface area (Å²) in [6.07, 6.45) is 1.03. The van der Waals surface area contributed by atoms with E-state index in [4.69, 9.17) is 0 Å². The zero-order chi connectivity index (χ0) is 18.9. The molecule has 1 heterocycles. The number of hydrogen-bond acceptors (Lipinski definition) is 3. The molecule has 2 aromatic carbocycles. The highest BCUT2D eigenvalue weighted by molar-refractivity contribution is 7.89. The van der Waals surface area contributed by atoms with Crippen LogP contribution < -0.4 is 5.32 Å². The van der Waals surface area contributed by atoms with E-state index in [0.717, 1.165) is 34.6 Å². The topological polar surface area (TPSA) is 49.4 Å². The largest absolute Gasteiger partial charge is 0.381 e. The van der Waals surface area contributed by atoms with Crippen molar-refractivity contribution in [1.29, 1.82) is 0 Å². The van der Waals surface area contributed by atoms with Crippen molar-refractivity contribution in [2.45, 2.75) is 23.8 Å². The van der Waals surface area contributed by atoms with Crippen LogP contribution in [0.3, 0.4) is 0 Å². The van der Waals surface area contributed by atoms with Gasteiger partial charge in [0.2, 0.25) is 10.0 Å². The van der Waals surface area contributed by atoms with Gasteiger partial charge >= 0.3 is 0 Å². The Morgan fingerprint density at radius 2 is 1.65 bits per heavy atom. The van der Waals surface area contributed by atoms with Gasteiger partial charge in [-0.25, -0.2) is 26.0 Å². The number of sulfonamides is 1. The lowest BCUT2D eigenvalue weighted by molar-refractivity contribution is 0.324. The lowest BCUT2D eigenvalue weighted by Crippen LogP contribution is -2.45. The van der Waals surface area contributed by atoms with Crippen LogP contribution in [-0.2, 0) is 10.0 Å². The third-order valence-electron chi connectivity index (χ3n) is 4.19. The highest BCUT2D eigenvalue weighted by atomic mass is 32.2. The van der Waals surface area contributed by atoms with E-state index in [1.807, 2.05) is 0 Å². The van der Waals surface area contributed by atoms with Gasteiger partial charge in [0, 0.05) is 30.9 Å². The van der Waals surface area contributed by atoms with Crippen molar-refractivity contribution in [2.75, 3.05) is 18.4 Å². The fourth-order valence-electron chi connectivity index (χ4n) is 2.96. The fraction of sp³-hybridized carbons (Fsp3) is 0.294. The number of benzene rings is 2. The van der Waals surface area contributed by atoms with Gasteiger partial charge in [0.25, 0.3) is 0 Å². The Hall–Kier alpha value is -2.13. The summed E-state index contributed by atoms with van der Waals surface area (Å²) < 4.78 is 80.3. The van der Waals surface area contributed by atoms with E-state index in [0.29, 0.717) is 18.5 Å². The minimum Gasteiger partial charge on any atom is -0.381 e. The third kappa shape index (κ3) is 3.68. The van der Waals surface area contributed by atoms with Gasteiger partial charge in [0.05, 0.1) is 0 Å². The van der Waals surface area contributed by atoms with E-state index < -0.39 is 44.2 Å². The summed E-state index contributed by atoms with van der Waals surface area (Å²) in [5.41, 5.74) is 0.297. The molecule has 140 valence electrons. The number of rotatable bonds is 4. The van der Waals surface area contributed by atoms with E-state index in [1.165, 1.54) is 6.07 Å². The molecule has 1 aliphatic heterocycles. The van der Waals surface area contributed by atoms with Crippen LogP contribution in [0.2, 0.25) is 0 Å². The summed E-state index contributed by atoms with van der Waals surface area (Å²) in [5.74, 6) is -4.32. The average Bonchev–Trinajstić information content (AvgIpc) is 2.58. The summed E-state index contributed by atoms with van der Waals surface area (Å²) in [6.45, 7) is 0.0706. The summed E-state index contributed by atoms with van der Waals surface area (Å²) in [4.78, 5) is -0.978. The average molecular weight is 388 g/mol. The van der Waals surface area contributed by atoms with Crippen LogP contribution in [0.25, 0.3) is 0 Å². The molecule has 0 aromatic heterocycles. The Morgan fingerprint density at radius 1 is 0.962 bits per heavy atom. The van der Waals surface area contributed by atoms with E-state index in [-0.39, 0.29) is 13.1 Å². The first-order valence-electron chi connectivity index (χ1n) is 7.95. The first kappa shape index (κ1) is 18.7. The molecule has 0 radical (unpaired) electrons. The van der Waals surface area contributed by atoms with Crippen LogP contribution in [0, 0.1) is 23.3 Å². The smallest absolute Gasteiger partial charge is 0.248 e. The van der Waals surface area contributed by atoms with Crippen molar-refractivity contribution >= 4 is 15.7 Å². The fourth-order valence-corrected chi connectivity index (χ4v) is 4.59. The van der Waals surface area contributed by atoms with Crippen molar-refractivity contribution in [1.82, 2.24) is 4.31 Å². The van der Waals surface area contributed by atoms with Crippen molar-refractivity contribution in [2.24, 2.45) is 0 Å². The molecule has 1 saturated heterocycles. The molecule has 26 heavy (non-hydrogen) atoms. The molecule has 0 aliphatic carbocycles. The molecule has 0 amide bonds. The lowest BCUT2D eigenvalue weighted by atomic mass is 10.1. The van der Waals surface area contributed by atoms with E-state index in [2.05, 4.69) is 5.32 Å². The molecule has 1 fully saturated rings. The molecule has 1 aliphatic rings. The molecule has 0 spiro atoms. The number of hydrogen-bond donors (Lipinski definition) is 1. The van der Waals surface area contributed by atoms with Gasteiger partial charge in [-0.2, -0.15) is 4.31 Å². The molecule has 2 aromatic rings. The maximum Gasteiger partial charge on any atom is 0.248 e. The van der Waals surface area contributed by atoms with Crippen LogP contribution in [0.15, 0.2) is 41.3 Å². The molecule has 3 rings (SSSR count). The molecule has 9 heteroatoms. The minimum atomic E-state index is -4.35. The second-order valence-corrected chi connectivity index (χ2v) is 7.90. The second kappa shape index (κ2) is 7.24. The van der Waals surface area contributed by atoms with Gasteiger partial charge in [0.1, 0.15) is 11.6 Å². The molecular weight excluding hydrogens is 372 g/mol. The highest BCUT2D eigenvalue weighted by Crippen LogP contribution is 2.26. The Bertz CT molecular complexity index is 901. The molecule has 1 N–H and O–H groups in total. The summed E-state index contributed by atoms with van der Waals surface area (Å²) in [7, 11) is -4.35. The van der Waals surface area contributed by atoms with Gasteiger partial charge < -0.3 is 5.32 Å². The SMILES string of the molecule is O=S(=O)(c1c(F)cccc1F)N1CCC[C@H](Nc2ccc(F)c(F)c2)C1. The maximum atomic E-state index is 13.9. The zero-order valence-electron chi connectivity index (χ0n) is 13.6. The van der Waals surface area contributed by atoms with Crippen molar-refractivity contribution in [3.05, 3.63) is 59.7 Å². The first-order chi connectivity index (χ1) is 12.3. The number of anilines is 1. The van der Waals surface area contributed by atoms with Crippen molar-refractivity contribution in [3.63, 3.8) is 0 Å². The maximum absolute atomic E-state index is 13.9. The van der Waals surface area contributed by atoms with Gasteiger partial charge in [-0.3, -0.25) is 0 Å². The predicted octanol–water partition coefficient (Wildman–Crippen LogP) is 3.51. The third-order valence-corrected chi connectivity index (χ3v) is 6.11. The lowest BCUT2D eigenvalue weighted by Gasteiger charge is -2.33. The molecule has 0 unspecified atom stereocenters.